The molecular formula is C14H22O3. The van der Waals surface area contributed by atoms with Gasteiger partial charge < -0.3 is 14.6 Å². The Labute approximate surface area is 103 Å². The van der Waals surface area contributed by atoms with E-state index >= 15 is 0 Å². The predicted octanol–water partition coefficient (Wildman–Crippen LogP) is 3.31. The minimum absolute atomic E-state index is 0.0874. The predicted molar refractivity (Wildman–Crippen MR) is 68.6 cm³/mol. The number of aliphatic hydroxyl groups excluding tert-OH is 1. The third-order valence-electron chi connectivity index (χ3n) is 2.17. The summed E-state index contributed by atoms with van der Waals surface area (Å²) in [5.74, 6) is 1.47. The zero-order valence-corrected chi connectivity index (χ0v) is 11.2. The summed E-state index contributed by atoms with van der Waals surface area (Å²) in [7, 11) is 0. The molecular weight excluding hydrogens is 216 g/mol. The Morgan fingerprint density at radius 1 is 0.941 bits per heavy atom. The van der Waals surface area contributed by atoms with Crippen molar-refractivity contribution in [2.45, 2.75) is 52.9 Å². The molecule has 0 saturated carbocycles. The van der Waals surface area contributed by atoms with Gasteiger partial charge in [0.2, 0.25) is 0 Å². The molecule has 1 atom stereocenters. The summed E-state index contributed by atoms with van der Waals surface area (Å²) < 4.78 is 11.2. The van der Waals surface area contributed by atoms with Crippen LogP contribution < -0.4 is 9.47 Å². The van der Waals surface area contributed by atoms with Crippen molar-refractivity contribution in [1.29, 1.82) is 0 Å². The quantitative estimate of drug-likeness (QED) is 0.855. The van der Waals surface area contributed by atoms with Gasteiger partial charge in [0.25, 0.3) is 0 Å². The lowest BCUT2D eigenvalue weighted by Gasteiger charge is -2.18. The van der Waals surface area contributed by atoms with E-state index < -0.39 is 6.10 Å². The smallest absolute Gasteiger partial charge is 0.125 e. The molecule has 0 aromatic heterocycles. The van der Waals surface area contributed by atoms with Crippen molar-refractivity contribution in [3.05, 3.63) is 23.8 Å². The molecule has 0 aliphatic carbocycles. The van der Waals surface area contributed by atoms with Gasteiger partial charge in [0, 0.05) is 5.56 Å². The molecule has 1 unspecified atom stereocenters. The summed E-state index contributed by atoms with van der Waals surface area (Å²) in [6, 6.07) is 5.55. The molecule has 0 bridgehead atoms. The first-order valence-corrected chi connectivity index (χ1v) is 6.05. The first-order valence-electron chi connectivity index (χ1n) is 6.05. The maximum Gasteiger partial charge on any atom is 0.125 e. The number of aliphatic hydroxyl groups is 1. The van der Waals surface area contributed by atoms with E-state index in [4.69, 9.17) is 9.47 Å². The van der Waals surface area contributed by atoms with Crippen LogP contribution in [0.2, 0.25) is 0 Å². The van der Waals surface area contributed by atoms with Crippen molar-refractivity contribution in [1.82, 2.24) is 0 Å². The molecule has 0 aliphatic rings. The van der Waals surface area contributed by atoms with Crippen molar-refractivity contribution in [3.63, 3.8) is 0 Å². The summed E-state index contributed by atoms with van der Waals surface area (Å²) in [6.45, 7) is 9.59. The fourth-order valence-corrected chi connectivity index (χ4v) is 1.56. The summed E-state index contributed by atoms with van der Waals surface area (Å²) in [5, 5.41) is 9.74. The van der Waals surface area contributed by atoms with E-state index in [0.717, 1.165) is 11.3 Å². The lowest BCUT2D eigenvalue weighted by Crippen LogP contribution is -2.10. The molecule has 0 saturated heterocycles. The van der Waals surface area contributed by atoms with E-state index in [1.54, 1.807) is 6.92 Å². The van der Waals surface area contributed by atoms with Crippen LogP contribution in [-0.2, 0) is 0 Å². The van der Waals surface area contributed by atoms with Gasteiger partial charge in [0.05, 0.1) is 18.3 Å². The van der Waals surface area contributed by atoms with Crippen LogP contribution in [0.5, 0.6) is 11.5 Å². The molecule has 1 aromatic carbocycles. The molecule has 0 fully saturated rings. The molecule has 96 valence electrons. The van der Waals surface area contributed by atoms with Crippen LogP contribution in [0, 0.1) is 0 Å². The molecule has 1 N–H and O–H groups in total. The minimum Gasteiger partial charge on any atom is -0.491 e. The second-order valence-electron chi connectivity index (χ2n) is 4.71. The number of benzene rings is 1. The van der Waals surface area contributed by atoms with Crippen molar-refractivity contribution in [2.24, 2.45) is 0 Å². The molecule has 1 aromatic rings. The summed E-state index contributed by atoms with van der Waals surface area (Å²) in [4.78, 5) is 0. The minimum atomic E-state index is -0.570. The average Bonchev–Trinajstić information content (AvgIpc) is 2.18. The van der Waals surface area contributed by atoms with Gasteiger partial charge >= 0.3 is 0 Å². The average molecular weight is 238 g/mol. The van der Waals surface area contributed by atoms with E-state index in [1.165, 1.54) is 0 Å². The Balaban J connectivity index is 2.99. The Morgan fingerprint density at radius 2 is 1.53 bits per heavy atom. The number of hydrogen-bond acceptors (Lipinski definition) is 3. The van der Waals surface area contributed by atoms with Gasteiger partial charge in [-0.2, -0.15) is 0 Å². The highest BCUT2D eigenvalue weighted by molar-refractivity contribution is 5.41. The Hall–Kier alpha value is -1.22. The summed E-state index contributed by atoms with van der Waals surface area (Å²) >= 11 is 0. The Bertz CT molecular complexity index is 356. The van der Waals surface area contributed by atoms with E-state index in [0.29, 0.717) is 5.75 Å². The van der Waals surface area contributed by atoms with E-state index in [-0.39, 0.29) is 12.2 Å². The highest BCUT2D eigenvalue weighted by atomic mass is 16.5. The molecule has 3 heteroatoms. The Morgan fingerprint density at radius 3 is 2.00 bits per heavy atom. The van der Waals surface area contributed by atoms with Crippen LogP contribution in [0.4, 0.5) is 0 Å². The van der Waals surface area contributed by atoms with Gasteiger partial charge in [-0.1, -0.05) is 0 Å². The van der Waals surface area contributed by atoms with Gasteiger partial charge in [0.1, 0.15) is 11.5 Å². The molecule has 0 spiro atoms. The van der Waals surface area contributed by atoms with Crippen LogP contribution in [0.1, 0.15) is 46.3 Å². The molecule has 3 nitrogen and oxygen atoms in total. The van der Waals surface area contributed by atoms with Gasteiger partial charge in [0.15, 0.2) is 0 Å². The highest BCUT2D eigenvalue weighted by Crippen LogP contribution is 2.30. The third-order valence-corrected chi connectivity index (χ3v) is 2.17. The summed E-state index contributed by atoms with van der Waals surface area (Å²) in [6.07, 6.45) is -0.363. The topological polar surface area (TPSA) is 38.7 Å². The molecule has 0 radical (unpaired) electrons. The van der Waals surface area contributed by atoms with Gasteiger partial charge in [-0.3, -0.25) is 0 Å². The molecule has 0 amide bonds. The van der Waals surface area contributed by atoms with Gasteiger partial charge in [-0.25, -0.2) is 0 Å². The highest BCUT2D eigenvalue weighted by Gasteiger charge is 2.12. The molecule has 1 rings (SSSR count). The largest absolute Gasteiger partial charge is 0.491 e. The number of rotatable bonds is 5. The van der Waals surface area contributed by atoms with E-state index in [9.17, 15) is 5.11 Å². The van der Waals surface area contributed by atoms with Crippen molar-refractivity contribution >= 4 is 0 Å². The van der Waals surface area contributed by atoms with Crippen molar-refractivity contribution in [2.75, 3.05) is 0 Å². The maximum absolute atomic E-state index is 9.74. The zero-order valence-electron chi connectivity index (χ0n) is 11.2. The van der Waals surface area contributed by atoms with Crippen LogP contribution in [0.15, 0.2) is 18.2 Å². The number of hydrogen-bond donors (Lipinski definition) is 1. The zero-order chi connectivity index (χ0) is 13.0. The first-order chi connectivity index (χ1) is 7.90. The fourth-order valence-electron chi connectivity index (χ4n) is 1.56. The number of ether oxygens (including phenoxy) is 2. The van der Waals surface area contributed by atoms with Crippen LogP contribution in [0.25, 0.3) is 0 Å². The SMILES string of the molecule is CC(C)Oc1ccc(OC(C)C)c(C(C)O)c1. The molecule has 0 aliphatic heterocycles. The van der Waals surface area contributed by atoms with Gasteiger partial charge in [-0.15, -0.1) is 0 Å². The van der Waals surface area contributed by atoms with E-state index in [2.05, 4.69) is 0 Å². The molecule has 17 heavy (non-hydrogen) atoms. The lowest BCUT2D eigenvalue weighted by atomic mass is 10.1. The maximum atomic E-state index is 9.74. The fraction of sp³-hybridized carbons (Fsp3) is 0.571. The van der Waals surface area contributed by atoms with E-state index in [1.807, 2.05) is 45.9 Å². The molecule has 0 heterocycles. The second kappa shape index (κ2) is 5.92. The Kier molecular flexibility index (Phi) is 4.82. The standard InChI is InChI=1S/C14H22O3/c1-9(2)16-12-6-7-14(17-10(3)4)13(8-12)11(5)15/h6-11,15H,1-5H3. The van der Waals surface area contributed by atoms with Crippen LogP contribution in [-0.4, -0.2) is 17.3 Å². The second-order valence-corrected chi connectivity index (χ2v) is 4.71. The lowest BCUT2D eigenvalue weighted by molar-refractivity contribution is 0.180. The van der Waals surface area contributed by atoms with Crippen molar-refractivity contribution < 1.29 is 14.6 Å². The third kappa shape index (κ3) is 4.27. The summed E-state index contributed by atoms with van der Waals surface area (Å²) in [5.41, 5.74) is 0.761. The van der Waals surface area contributed by atoms with Gasteiger partial charge in [-0.05, 0) is 52.8 Å². The first kappa shape index (κ1) is 13.8. The monoisotopic (exact) mass is 238 g/mol. The van der Waals surface area contributed by atoms with Crippen LogP contribution in [0.3, 0.4) is 0 Å². The van der Waals surface area contributed by atoms with Crippen LogP contribution >= 0.6 is 0 Å². The van der Waals surface area contributed by atoms with Crippen molar-refractivity contribution in [3.8, 4) is 11.5 Å². The normalized spacial score (nSPS) is 12.9.